The van der Waals surface area contributed by atoms with Gasteiger partial charge >= 0.3 is 11.9 Å². The molecule has 0 unspecified atom stereocenters. The van der Waals surface area contributed by atoms with E-state index in [-0.39, 0.29) is 13.2 Å². The van der Waals surface area contributed by atoms with E-state index in [1.54, 1.807) is 0 Å². The van der Waals surface area contributed by atoms with Crippen LogP contribution in [0.3, 0.4) is 0 Å². The van der Waals surface area contributed by atoms with E-state index in [1.807, 2.05) is 37.3 Å². The molecule has 0 fully saturated rings. The Labute approximate surface area is 252 Å². The number of benzene rings is 3. The summed E-state index contributed by atoms with van der Waals surface area (Å²) in [6.45, 7) is 12.7. The van der Waals surface area contributed by atoms with Crippen molar-refractivity contribution < 1.29 is 47.5 Å². The lowest BCUT2D eigenvalue weighted by Crippen LogP contribution is -2.14. The van der Waals surface area contributed by atoms with Crippen LogP contribution >= 0.6 is 0 Å². The van der Waals surface area contributed by atoms with E-state index in [0.717, 1.165) is 50.8 Å². The molecule has 3 aromatic carbocycles. The van der Waals surface area contributed by atoms with Crippen LogP contribution < -0.4 is 9.47 Å². The Balaban J connectivity index is 1.50. The highest BCUT2D eigenvalue weighted by Gasteiger charge is 2.16. The first kappa shape index (κ1) is 33.5. The second-order valence-electron chi connectivity index (χ2n) is 9.14. The van der Waals surface area contributed by atoms with Crippen LogP contribution in [0.4, 0.5) is 0 Å². The summed E-state index contributed by atoms with van der Waals surface area (Å²) in [4.78, 5) is 22.0. The van der Waals surface area contributed by atoms with Crippen LogP contribution in [0.15, 0.2) is 67.8 Å². The van der Waals surface area contributed by atoms with Crippen LogP contribution in [-0.2, 0) is 38.0 Å². The van der Waals surface area contributed by atoms with Crippen molar-refractivity contribution in [2.75, 3.05) is 79.3 Å². The lowest BCUT2D eigenvalue weighted by molar-refractivity contribution is -0.140. The second kappa shape index (κ2) is 19.3. The average molecular weight is 597 g/mol. The van der Waals surface area contributed by atoms with Crippen LogP contribution in [-0.4, -0.2) is 91.2 Å². The van der Waals surface area contributed by atoms with Gasteiger partial charge in [0.1, 0.15) is 37.9 Å². The summed E-state index contributed by atoms with van der Waals surface area (Å²) in [6, 6.07) is 14.2. The van der Waals surface area contributed by atoms with Crippen molar-refractivity contribution in [3.63, 3.8) is 0 Å². The predicted molar refractivity (Wildman–Crippen MR) is 163 cm³/mol. The summed E-state index contributed by atoms with van der Waals surface area (Å²) in [7, 11) is 0. The molecule has 10 nitrogen and oxygen atoms in total. The summed E-state index contributed by atoms with van der Waals surface area (Å²) in [5.74, 6) is 0.607. The number of carbonyl (C=O) groups excluding carboxylic acids is 2. The highest BCUT2D eigenvalue weighted by Crippen LogP contribution is 2.43. The van der Waals surface area contributed by atoms with Gasteiger partial charge in [-0.1, -0.05) is 55.1 Å². The molecule has 0 saturated carbocycles. The fourth-order valence-electron chi connectivity index (χ4n) is 4.09. The number of ether oxygens (including phenoxy) is 8. The summed E-state index contributed by atoms with van der Waals surface area (Å²) in [5.41, 5.74) is 1.10. The van der Waals surface area contributed by atoms with E-state index >= 15 is 0 Å². The third-order valence-electron chi connectivity index (χ3n) is 6.05. The molecule has 0 amide bonds. The highest BCUT2D eigenvalue weighted by atomic mass is 16.6. The van der Waals surface area contributed by atoms with Gasteiger partial charge in [-0.2, -0.15) is 0 Å². The number of esters is 2. The SMILES string of the molecule is C=CC(=O)OCCOCCOCCOc1c2ccccc2c(OCCOCCOCCOC(=O)C=C)c2cc(C)ccc12. The zero-order valence-electron chi connectivity index (χ0n) is 24.7. The third-order valence-corrected chi connectivity index (χ3v) is 6.05. The highest BCUT2D eigenvalue weighted by molar-refractivity contribution is 6.11. The largest absolute Gasteiger partial charge is 0.490 e. The van der Waals surface area contributed by atoms with Crippen molar-refractivity contribution in [2.45, 2.75) is 6.92 Å². The van der Waals surface area contributed by atoms with E-state index in [1.165, 1.54) is 0 Å². The molecule has 3 aromatic rings. The molecule has 0 bridgehead atoms. The summed E-state index contributed by atoms with van der Waals surface area (Å²) in [6.07, 6.45) is 2.23. The fraction of sp³-hybridized carbons (Fsp3) is 0.394. The zero-order valence-corrected chi connectivity index (χ0v) is 24.7. The maximum Gasteiger partial charge on any atom is 0.330 e. The van der Waals surface area contributed by atoms with Crippen molar-refractivity contribution in [1.29, 1.82) is 0 Å². The standard InChI is InChI=1S/C33H40O10/c1-4-30(34)40-20-16-36-12-14-38-18-22-42-32-26-8-6-7-9-27(26)33(29-24-25(3)10-11-28(29)32)43-23-19-39-15-13-37-17-21-41-31(35)5-2/h4-11,24H,1-2,12-23H2,3H3. The molecular formula is C33H40O10. The number of hydrogen-bond acceptors (Lipinski definition) is 10. The average Bonchev–Trinajstić information content (AvgIpc) is 3.02. The summed E-state index contributed by atoms with van der Waals surface area (Å²) >= 11 is 0. The van der Waals surface area contributed by atoms with Gasteiger partial charge in [0.25, 0.3) is 0 Å². The molecule has 0 N–H and O–H groups in total. The van der Waals surface area contributed by atoms with E-state index in [9.17, 15) is 9.59 Å². The maximum atomic E-state index is 11.0. The molecule has 0 heterocycles. The third kappa shape index (κ3) is 11.3. The Morgan fingerprint density at radius 3 is 1.42 bits per heavy atom. The predicted octanol–water partition coefficient (Wildman–Crippen LogP) is 4.58. The summed E-state index contributed by atoms with van der Waals surface area (Å²) in [5, 5.41) is 3.79. The second-order valence-corrected chi connectivity index (χ2v) is 9.14. The van der Waals surface area contributed by atoms with Gasteiger partial charge in [-0.05, 0) is 13.0 Å². The molecule has 0 aliphatic rings. The van der Waals surface area contributed by atoms with Gasteiger partial charge in [-0.15, -0.1) is 0 Å². The lowest BCUT2D eigenvalue weighted by Gasteiger charge is -2.18. The first-order chi connectivity index (χ1) is 21.0. The first-order valence-corrected chi connectivity index (χ1v) is 14.1. The van der Waals surface area contributed by atoms with Crippen molar-refractivity contribution >= 4 is 33.5 Å². The molecule has 0 atom stereocenters. The van der Waals surface area contributed by atoms with Crippen molar-refractivity contribution in [1.82, 2.24) is 0 Å². The molecular weight excluding hydrogens is 556 g/mol. The number of fused-ring (bicyclic) bond motifs is 2. The lowest BCUT2D eigenvalue weighted by atomic mass is 9.99. The van der Waals surface area contributed by atoms with E-state index in [2.05, 4.69) is 25.3 Å². The Bertz CT molecular complexity index is 1340. The molecule has 43 heavy (non-hydrogen) atoms. The van der Waals surface area contributed by atoms with E-state index in [4.69, 9.17) is 37.9 Å². The molecule has 0 saturated heterocycles. The van der Waals surface area contributed by atoms with Crippen molar-refractivity contribution in [2.24, 2.45) is 0 Å². The van der Waals surface area contributed by atoms with Crippen LogP contribution in [0.1, 0.15) is 5.56 Å². The number of aryl methyl sites for hydroxylation is 1. The topological polar surface area (TPSA) is 108 Å². The maximum absolute atomic E-state index is 11.0. The summed E-state index contributed by atoms with van der Waals surface area (Å²) < 4.78 is 44.4. The van der Waals surface area contributed by atoms with E-state index < -0.39 is 11.9 Å². The molecule has 0 aromatic heterocycles. The van der Waals surface area contributed by atoms with Gasteiger partial charge in [0.15, 0.2) is 0 Å². The minimum atomic E-state index is -0.471. The first-order valence-electron chi connectivity index (χ1n) is 14.1. The Kier molecular flexibility index (Phi) is 15.0. The number of hydrogen-bond donors (Lipinski definition) is 0. The molecule has 232 valence electrons. The fourth-order valence-corrected chi connectivity index (χ4v) is 4.09. The monoisotopic (exact) mass is 596 g/mol. The van der Waals surface area contributed by atoms with Crippen LogP contribution in [0.5, 0.6) is 11.5 Å². The van der Waals surface area contributed by atoms with Gasteiger partial charge in [0.2, 0.25) is 0 Å². The Morgan fingerprint density at radius 2 is 0.953 bits per heavy atom. The smallest absolute Gasteiger partial charge is 0.330 e. The van der Waals surface area contributed by atoms with Crippen LogP contribution in [0, 0.1) is 6.92 Å². The molecule has 0 aliphatic heterocycles. The van der Waals surface area contributed by atoms with Gasteiger partial charge in [0, 0.05) is 33.7 Å². The zero-order chi connectivity index (χ0) is 30.7. The van der Waals surface area contributed by atoms with Crippen molar-refractivity contribution in [3.8, 4) is 11.5 Å². The van der Waals surface area contributed by atoms with Gasteiger partial charge in [-0.25, -0.2) is 9.59 Å². The Hall–Kier alpha value is -3.96. The number of rotatable bonds is 22. The van der Waals surface area contributed by atoms with Gasteiger partial charge < -0.3 is 37.9 Å². The molecule has 10 heteroatoms. The Morgan fingerprint density at radius 1 is 0.558 bits per heavy atom. The molecule has 0 radical (unpaired) electrons. The molecule has 0 spiro atoms. The van der Waals surface area contributed by atoms with Crippen LogP contribution in [0.2, 0.25) is 0 Å². The van der Waals surface area contributed by atoms with Crippen LogP contribution in [0.25, 0.3) is 21.5 Å². The minimum absolute atomic E-state index is 0.174. The van der Waals surface area contributed by atoms with E-state index in [0.29, 0.717) is 66.1 Å². The quantitative estimate of drug-likeness (QED) is 0.0708. The number of carbonyl (C=O) groups is 2. The van der Waals surface area contributed by atoms with Crippen molar-refractivity contribution in [3.05, 3.63) is 73.3 Å². The molecule has 0 aliphatic carbocycles. The van der Waals surface area contributed by atoms with Gasteiger partial charge in [-0.3, -0.25) is 0 Å². The minimum Gasteiger partial charge on any atom is -0.490 e. The molecule has 3 rings (SSSR count). The van der Waals surface area contributed by atoms with Gasteiger partial charge in [0.05, 0.1) is 52.9 Å². The normalized spacial score (nSPS) is 10.9.